The zero-order valence-electron chi connectivity index (χ0n) is 14.9. The molecular formula is C21H26BrNO. The first-order valence-electron chi connectivity index (χ1n) is 8.35. The van der Waals surface area contributed by atoms with E-state index in [2.05, 4.69) is 66.1 Å². The summed E-state index contributed by atoms with van der Waals surface area (Å²) in [5.41, 5.74) is 1.46. The van der Waals surface area contributed by atoms with Crippen LogP contribution in [0.1, 0.15) is 31.4 Å². The fourth-order valence-corrected chi connectivity index (χ4v) is 3.59. The highest BCUT2D eigenvalue weighted by Crippen LogP contribution is 2.40. The largest absolute Gasteiger partial charge is 0.307 e. The molecule has 0 aliphatic heterocycles. The minimum Gasteiger partial charge on any atom is -0.307 e. The molecule has 0 bridgehead atoms. The van der Waals surface area contributed by atoms with Crippen molar-refractivity contribution in [1.29, 1.82) is 0 Å². The Hall–Kier alpha value is -1.45. The minimum absolute atomic E-state index is 0.202. The van der Waals surface area contributed by atoms with Gasteiger partial charge in [-0.1, -0.05) is 76.6 Å². The van der Waals surface area contributed by atoms with Gasteiger partial charge >= 0.3 is 0 Å². The van der Waals surface area contributed by atoms with Gasteiger partial charge in [-0.3, -0.25) is 4.79 Å². The van der Waals surface area contributed by atoms with Crippen LogP contribution in [0.2, 0.25) is 0 Å². The number of alkyl halides is 1. The number of nitrogens with zero attached hydrogens (tertiary/aromatic N) is 1. The van der Waals surface area contributed by atoms with Crippen LogP contribution in [0.4, 0.5) is 0 Å². The lowest BCUT2D eigenvalue weighted by molar-refractivity contribution is -0.123. The second-order valence-corrected chi connectivity index (χ2v) is 8.01. The van der Waals surface area contributed by atoms with E-state index in [1.807, 2.05) is 43.3 Å². The molecule has 2 atom stereocenters. The number of rotatable bonds is 7. The first-order valence-corrected chi connectivity index (χ1v) is 9.27. The van der Waals surface area contributed by atoms with Crippen LogP contribution >= 0.6 is 15.9 Å². The van der Waals surface area contributed by atoms with Gasteiger partial charge < -0.3 is 4.90 Å². The molecule has 0 aromatic heterocycles. The summed E-state index contributed by atoms with van der Waals surface area (Å²) in [6.07, 6.45) is 0.739. The third-order valence-electron chi connectivity index (χ3n) is 4.80. The third kappa shape index (κ3) is 3.79. The molecule has 0 N–H and O–H groups in total. The second-order valence-electron chi connectivity index (χ2n) is 6.63. The molecule has 0 saturated carbocycles. The summed E-state index contributed by atoms with van der Waals surface area (Å²) in [7, 11) is 4.13. The maximum absolute atomic E-state index is 13.5. The molecule has 24 heavy (non-hydrogen) atoms. The van der Waals surface area contributed by atoms with Gasteiger partial charge in [0.2, 0.25) is 0 Å². The molecule has 0 amide bonds. The number of carbonyl (C=O) groups excluding carboxylic acids is 1. The SMILES string of the molecule is CC(Br)C(=O)C(CC(C)N(C)C)(c1ccccc1)c1ccccc1. The molecule has 0 heterocycles. The van der Waals surface area contributed by atoms with Crippen LogP contribution in [0.15, 0.2) is 60.7 Å². The number of ketones is 1. The normalized spacial score (nSPS) is 14.4. The number of carbonyl (C=O) groups is 1. The van der Waals surface area contributed by atoms with Crippen molar-refractivity contribution in [3.8, 4) is 0 Å². The van der Waals surface area contributed by atoms with Crippen molar-refractivity contribution in [3.63, 3.8) is 0 Å². The van der Waals surface area contributed by atoms with Gasteiger partial charge in [-0.2, -0.15) is 0 Å². The van der Waals surface area contributed by atoms with Crippen molar-refractivity contribution in [3.05, 3.63) is 71.8 Å². The van der Waals surface area contributed by atoms with E-state index in [1.165, 1.54) is 0 Å². The Morgan fingerprint density at radius 3 is 1.71 bits per heavy atom. The average molecular weight is 388 g/mol. The van der Waals surface area contributed by atoms with Gasteiger partial charge in [-0.25, -0.2) is 0 Å². The molecule has 3 heteroatoms. The van der Waals surface area contributed by atoms with Crippen molar-refractivity contribution in [2.24, 2.45) is 0 Å². The fraction of sp³-hybridized carbons (Fsp3) is 0.381. The van der Waals surface area contributed by atoms with Crippen LogP contribution in [0.3, 0.4) is 0 Å². The topological polar surface area (TPSA) is 20.3 Å². The smallest absolute Gasteiger partial charge is 0.161 e. The van der Waals surface area contributed by atoms with Gasteiger partial charge in [0.15, 0.2) is 5.78 Å². The molecule has 0 aliphatic carbocycles. The van der Waals surface area contributed by atoms with Crippen molar-refractivity contribution in [1.82, 2.24) is 4.90 Å². The summed E-state index contributed by atoms with van der Waals surface area (Å²) in [5.74, 6) is 0.202. The number of halogens is 1. The van der Waals surface area contributed by atoms with Gasteiger partial charge in [0, 0.05) is 6.04 Å². The van der Waals surface area contributed by atoms with Gasteiger partial charge in [0.1, 0.15) is 0 Å². The summed E-state index contributed by atoms with van der Waals surface area (Å²) >= 11 is 3.53. The predicted molar refractivity (Wildman–Crippen MR) is 105 cm³/mol. The molecule has 2 aromatic carbocycles. The van der Waals surface area contributed by atoms with Gasteiger partial charge in [-0.05, 0) is 45.5 Å². The third-order valence-corrected chi connectivity index (χ3v) is 5.21. The molecule has 2 aromatic rings. The standard InChI is InChI=1S/C21H26BrNO/c1-16(23(3)4)15-21(20(24)17(2)22,18-11-7-5-8-12-18)19-13-9-6-10-14-19/h5-14,16-17H,15H2,1-4H3. The van der Waals surface area contributed by atoms with Crippen LogP contribution in [-0.4, -0.2) is 35.6 Å². The van der Waals surface area contributed by atoms with Gasteiger partial charge in [0.05, 0.1) is 10.2 Å². The lowest BCUT2D eigenvalue weighted by atomic mass is 9.67. The van der Waals surface area contributed by atoms with Crippen molar-refractivity contribution < 1.29 is 4.79 Å². The first-order chi connectivity index (χ1) is 11.4. The molecule has 2 rings (SSSR count). The molecule has 2 unspecified atom stereocenters. The molecule has 0 aliphatic rings. The molecule has 0 fully saturated rings. The second kappa shape index (κ2) is 8.09. The molecule has 128 valence electrons. The highest BCUT2D eigenvalue weighted by atomic mass is 79.9. The molecule has 0 saturated heterocycles. The highest BCUT2D eigenvalue weighted by Gasteiger charge is 2.44. The van der Waals surface area contributed by atoms with E-state index in [0.29, 0.717) is 0 Å². The van der Waals surface area contributed by atoms with Crippen LogP contribution in [0.5, 0.6) is 0 Å². The van der Waals surface area contributed by atoms with Crippen LogP contribution in [-0.2, 0) is 10.2 Å². The molecule has 0 radical (unpaired) electrons. The van der Waals surface area contributed by atoms with E-state index in [1.54, 1.807) is 0 Å². The van der Waals surface area contributed by atoms with E-state index in [9.17, 15) is 4.79 Å². The predicted octanol–water partition coefficient (Wildman–Crippen LogP) is 4.67. The summed E-state index contributed by atoms with van der Waals surface area (Å²) in [5, 5.41) is 0. The summed E-state index contributed by atoms with van der Waals surface area (Å²) in [6.45, 7) is 4.09. The number of Topliss-reactive ketones (excluding diaryl/α,β-unsaturated/α-hetero) is 1. The Morgan fingerprint density at radius 2 is 1.38 bits per heavy atom. The number of benzene rings is 2. The lowest BCUT2D eigenvalue weighted by Crippen LogP contribution is -2.45. The molecule has 2 nitrogen and oxygen atoms in total. The van der Waals surface area contributed by atoms with E-state index < -0.39 is 5.41 Å². The minimum atomic E-state index is -0.658. The highest BCUT2D eigenvalue weighted by molar-refractivity contribution is 9.10. The molecular weight excluding hydrogens is 362 g/mol. The van der Waals surface area contributed by atoms with E-state index in [-0.39, 0.29) is 16.7 Å². The number of hydrogen-bond acceptors (Lipinski definition) is 2. The Kier molecular flexibility index (Phi) is 6.36. The Bertz CT molecular complexity index is 613. The van der Waals surface area contributed by atoms with Crippen LogP contribution in [0, 0.1) is 0 Å². The van der Waals surface area contributed by atoms with Crippen molar-refractivity contribution in [2.45, 2.75) is 36.6 Å². The quantitative estimate of drug-likeness (QED) is 0.643. The number of hydrogen-bond donors (Lipinski definition) is 0. The Balaban J connectivity index is 2.71. The summed E-state index contributed by atoms with van der Waals surface area (Å²) in [6, 6.07) is 20.6. The van der Waals surface area contributed by atoms with Crippen molar-refractivity contribution >= 4 is 21.7 Å². The summed E-state index contributed by atoms with van der Waals surface area (Å²) < 4.78 is 0. The van der Waals surface area contributed by atoms with E-state index in [4.69, 9.17) is 0 Å². The van der Waals surface area contributed by atoms with Crippen LogP contribution in [0.25, 0.3) is 0 Å². The average Bonchev–Trinajstić information content (AvgIpc) is 2.60. The maximum Gasteiger partial charge on any atom is 0.161 e. The Labute approximate surface area is 154 Å². The lowest BCUT2D eigenvalue weighted by Gasteiger charge is -2.38. The summed E-state index contributed by atoms with van der Waals surface area (Å²) in [4.78, 5) is 15.4. The van der Waals surface area contributed by atoms with Crippen LogP contribution < -0.4 is 0 Å². The monoisotopic (exact) mass is 387 g/mol. The fourth-order valence-electron chi connectivity index (χ4n) is 3.20. The van der Waals surface area contributed by atoms with Gasteiger partial charge in [-0.15, -0.1) is 0 Å². The van der Waals surface area contributed by atoms with E-state index in [0.717, 1.165) is 17.5 Å². The zero-order chi connectivity index (χ0) is 17.7. The van der Waals surface area contributed by atoms with Crippen molar-refractivity contribution in [2.75, 3.05) is 14.1 Å². The molecule has 0 spiro atoms. The maximum atomic E-state index is 13.5. The zero-order valence-corrected chi connectivity index (χ0v) is 16.5. The van der Waals surface area contributed by atoms with Gasteiger partial charge in [0.25, 0.3) is 0 Å². The Morgan fingerprint density at radius 1 is 0.958 bits per heavy atom. The van der Waals surface area contributed by atoms with E-state index >= 15 is 0 Å². The first kappa shape index (κ1) is 18.9.